The van der Waals surface area contributed by atoms with Crippen LogP contribution in [0.5, 0.6) is 0 Å². The van der Waals surface area contributed by atoms with Crippen molar-refractivity contribution in [2.24, 2.45) is 5.92 Å². The summed E-state index contributed by atoms with van der Waals surface area (Å²) in [5, 5.41) is 0. The maximum Gasteiger partial charge on any atom is 0.254 e. The molecule has 1 fully saturated rings. The van der Waals surface area contributed by atoms with Crippen LogP contribution in [0.25, 0.3) is 0 Å². The Morgan fingerprint density at radius 1 is 1.47 bits per heavy atom. The Balaban J connectivity index is 2.15. The number of nitrogens with zero attached hydrogens (tertiary/aromatic N) is 1. The molecule has 0 saturated heterocycles. The summed E-state index contributed by atoms with van der Waals surface area (Å²) in [5.41, 5.74) is 6.17. The summed E-state index contributed by atoms with van der Waals surface area (Å²) >= 11 is 0. The molecule has 1 saturated carbocycles. The number of halogens is 1. The van der Waals surface area contributed by atoms with E-state index in [-0.39, 0.29) is 11.6 Å². The highest BCUT2D eigenvalue weighted by molar-refractivity contribution is 5.95. The number of carbonyl (C=O) groups excluding carboxylic acids is 1. The van der Waals surface area contributed by atoms with Crippen LogP contribution >= 0.6 is 0 Å². The molecule has 17 heavy (non-hydrogen) atoms. The van der Waals surface area contributed by atoms with Gasteiger partial charge in [0.25, 0.3) is 5.91 Å². The molecular formula is C13H17FN2O. The van der Waals surface area contributed by atoms with Gasteiger partial charge < -0.3 is 10.6 Å². The first-order chi connectivity index (χ1) is 8.10. The lowest BCUT2D eigenvalue weighted by Crippen LogP contribution is -2.32. The molecule has 0 unspecified atom stereocenters. The Hall–Kier alpha value is -1.58. The molecule has 4 heteroatoms. The van der Waals surface area contributed by atoms with Gasteiger partial charge in [-0.1, -0.05) is 0 Å². The Labute approximate surface area is 100 Å². The van der Waals surface area contributed by atoms with Gasteiger partial charge in [-0.15, -0.1) is 0 Å². The normalized spacial score (nSPS) is 14.7. The number of hydrogen-bond acceptors (Lipinski definition) is 2. The molecule has 1 aliphatic rings. The van der Waals surface area contributed by atoms with Crippen molar-refractivity contribution < 1.29 is 9.18 Å². The van der Waals surface area contributed by atoms with Crippen LogP contribution in [-0.2, 0) is 0 Å². The van der Waals surface area contributed by atoms with Crippen LogP contribution in [0.15, 0.2) is 18.2 Å². The lowest BCUT2D eigenvalue weighted by atomic mass is 10.1. The van der Waals surface area contributed by atoms with Crippen LogP contribution in [0.3, 0.4) is 0 Å². The number of rotatable bonds is 4. The van der Waals surface area contributed by atoms with E-state index in [0.29, 0.717) is 18.0 Å². The molecule has 1 amide bonds. The Morgan fingerprint density at radius 3 is 2.71 bits per heavy atom. The number of hydrogen-bond donors (Lipinski definition) is 1. The predicted molar refractivity (Wildman–Crippen MR) is 65.1 cm³/mol. The minimum atomic E-state index is -0.462. The summed E-state index contributed by atoms with van der Waals surface area (Å²) in [6.45, 7) is 3.35. The summed E-state index contributed by atoms with van der Waals surface area (Å²) < 4.78 is 13.2. The quantitative estimate of drug-likeness (QED) is 0.815. The second-order valence-corrected chi connectivity index (χ2v) is 4.56. The molecule has 0 aliphatic heterocycles. The largest absolute Gasteiger partial charge is 0.399 e. The average molecular weight is 236 g/mol. The molecule has 0 spiro atoms. The van der Waals surface area contributed by atoms with E-state index in [1.807, 2.05) is 6.92 Å². The zero-order valence-electron chi connectivity index (χ0n) is 9.95. The van der Waals surface area contributed by atoms with Gasteiger partial charge in [0.05, 0.1) is 0 Å². The fourth-order valence-corrected chi connectivity index (χ4v) is 1.89. The van der Waals surface area contributed by atoms with Crippen LogP contribution in [-0.4, -0.2) is 23.9 Å². The second kappa shape index (κ2) is 4.73. The van der Waals surface area contributed by atoms with E-state index in [1.54, 1.807) is 4.90 Å². The standard InChI is InChI=1S/C13H17FN2O/c1-2-16(8-9-3-4-9)13(17)10-5-11(14)7-12(15)6-10/h5-7,9H,2-4,8,15H2,1H3. The highest BCUT2D eigenvalue weighted by atomic mass is 19.1. The van der Waals surface area contributed by atoms with Crippen molar-refractivity contribution in [3.63, 3.8) is 0 Å². The van der Waals surface area contributed by atoms with Gasteiger partial charge in [-0.25, -0.2) is 4.39 Å². The lowest BCUT2D eigenvalue weighted by Gasteiger charge is -2.20. The first kappa shape index (κ1) is 11.9. The van der Waals surface area contributed by atoms with E-state index >= 15 is 0 Å². The van der Waals surface area contributed by atoms with E-state index in [1.165, 1.54) is 31.0 Å². The van der Waals surface area contributed by atoms with Gasteiger partial charge in [0, 0.05) is 24.3 Å². The first-order valence-electron chi connectivity index (χ1n) is 5.95. The van der Waals surface area contributed by atoms with E-state index in [9.17, 15) is 9.18 Å². The summed E-state index contributed by atoms with van der Waals surface area (Å²) in [6.07, 6.45) is 2.38. The molecule has 1 aliphatic carbocycles. The Bertz CT molecular complexity index is 409. The smallest absolute Gasteiger partial charge is 0.254 e. The Kier molecular flexibility index (Phi) is 3.31. The molecule has 2 rings (SSSR count). The minimum Gasteiger partial charge on any atom is -0.399 e. The number of nitrogen functional groups attached to an aromatic ring is 1. The van der Waals surface area contributed by atoms with Crippen molar-refractivity contribution in [1.29, 1.82) is 0 Å². The van der Waals surface area contributed by atoms with Crippen molar-refractivity contribution in [2.45, 2.75) is 19.8 Å². The third-order valence-electron chi connectivity index (χ3n) is 3.01. The molecule has 0 atom stereocenters. The topological polar surface area (TPSA) is 46.3 Å². The molecule has 0 aromatic heterocycles. The molecular weight excluding hydrogens is 219 g/mol. The molecule has 3 nitrogen and oxygen atoms in total. The molecule has 1 aromatic carbocycles. The summed E-state index contributed by atoms with van der Waals surface area (Å²) in [4.78, 5) is 13.9. The van der Waals surface area contributed by atoms with Crippen molar-refractivity contribution in [2.75, 3.05) is 18.8 Å². The van der Waals surface area contributed by atoms with Crippen LogP contribution in [0.1, 0.15) is 30.1 Å². The summed E-state index contributed by atoms with van der Waals surface area (Å²) in [6, 6.07) is 3.99. The fraction of sp³-hybridized carbons (Fsp3) is 0.462. The minimum absolute atomic E-state index is 0.134. The lowest BCUT2D eigenvalue weighted by molar-refractivity contribution is 0.0756. The van der Waals surface area contributed by atoms with Crippen molar-refractivity contribution >= 4 is 11.6 Å². The van der Waals surface area contributed by atoms with Gasteiger partial charge in [0.2, 0.25) is 0 Å². The molecule has 0 bridgehead atoms. The molecule has 2 N–H and O–H groups in total. The van der Waals surface area contributed by atoms with Crippen LogP contribution in [0.4, 0.5) is 10.1 Å². The summed E-state index contributed by atoms with van der Waals surface area (Å²) in [7, 11) is 0. The van der Waals surface area contributed by atoms with E-state index in [4.69, 9.17) is 5.73 Å². The number of carbonyl (C=O) groups is 1. The third-order valence-corrected chi connectivity index (χ3v) is 3.01. The van der Waals surface area contributed by atoms with Gasteiger partial charge in [-0.05, 0) is 43.9 Å². The van der Waals surface area contributed by atoms with Crippen molar-refractivity contribution in [1.82, 2.24) is 4.90 Å². The van der Waals surface area contributed by atoms with Gasteiger partial charge >= 0.3 is 0 Å². The molecule has 1 aromatic rings. The van der Waals surface area contributed by atoms with Gasteiger partial charge in [-0.2, -0.15) is 0 Å². The zero-order chi connectivity index (χ0) is 12.4. The van der Waals surface area contributed by atoms with Crippen molar-refractivity contribution in [3.05, 3.63) is 29.6 Å². The number of amides is 1. The van der Waals surface area contributed by atoms with Gasteiger partial charge in [-0.3, -0.25) is 4.79 Å². The molecule has 0 heterocycles. The van der Waals surface area contributed by atoms with E-state index < -0.39 is 5.82 Å². The Morgan fingerprint density at radius 2 is 2.18 bits per heavy atom. The average Bonchev–Trinajstić information content (AvgIpc) is 3.07. The molecule has 92 valence electrons. The highest BCUT2D eigenvalue weighted by Gasteiger charge is 2.26. The maximum absolute atomic E-state index is 13.2. The number of anilines is 1. The number of nitrogens with two attached hydrogens (primary N) is 1. The third kappa shape index (κ3) is 2.96. The monoisotopic (exact) mass is 236 g/mol. The van der Waals surface area contributed by atoms with Crippen LogP contribution in [0, 0.1) is 11.7 Å². The van der Waals surface area contributed by atoms with E-state index in [2.05, 4.69) is 0 Å². The van der Waals surface area contributed by atoms with Crippen molar-refractivity contribution in [3.8, 4) is 0 Å². The predicted octanol–water partition coefficient (Wildman–Crippen LogP) is 2.28. The second-order valence-electron chi connectivity index (χ2n) is 4.56. The molecule has 0 radical (unpaired) electrons. The highest BCUT2D eigenvalue weighted by Crippen LogP contribution is 2.30. The summed E-state index contributed by atoms with van der Waals surface area (Å²) in [5.74, 6) is 0.0335. The zero-order valence-corrected chi connectivity index (χ0v) is 9.95. The SMILES string of the molecule is CCN(CC1CC1)C(=O)c1cc(N)cc(F)c1. The fourth-order valence-electron chi connectivity index (χ4n) is 1.89. The first-order valence-corrected chi connectivity index (χ1v) is 5.95. The maximum atomic E-state index is 13.2. The van der Waals surface area contributed by atoms with Gasteiger partial charge in [0.1, 0.15) is 5.82 Å². The number of benzene rings is 1. The van der Waals surface area contributed by atoms with E-state index in [0.717, 1.165) is 6.54 Å². The van der Waals surface area contributed by atoms with Gasteiger partial charge in [0.15, 0.2) is 0 Å². The van der Waals surface area contributed by atoms with Crippen LogP contribution in [0.2, 0.25) is 0 Å². The van der Waals surface area contributed by atoms with Crippen LogP contribution < -0.4 is 5.73 Å².